The molecule has 7 heteroatoms. The SMILES string of the molecule is CC(C)(NC(=O)OCC1c2ccccc2-c2ccccc21)C(=O)N1Cc2cccc(C(=O)O)c2C1. The number of carboxylic acids is 1. The van der Waals surface area contributed by atoms with E-state index in [-0.39, 0.29) is 30.5 Å². The van der Waals surface area contributed by atoms with Gasteiger partial charge in [0.05, 0.1) is 5.56 Å². The number of amides is 2. The molecule has 0 fully saturated rings. The van der Waals surface area contributed by atoms with Crippen molar-refractivity contribution >= 4 is 18.0 Å². The Kier molecular flexibility index (Phi) is 5.55. The van der Waals surface area contributed by atoms with Crippen molar-refractivity contribution in [2.24, 2.45) is 0 Å². The van der Waals surface area contributed by atoms with Gasteiger partial charge in [-0.05, 0) is 53.3 Å². The molecule has 0 unspecified atom stereocenters. The first-order chi connectivity index (χ1) is 16.8. The summed E-state index contributed by atoms with van der Waals surface area (Å²) in [6.07, 6.45) is -0.673. The molecule has 178 valence electrons. The third-order valence-electron chi connectivity index (χ3n) is 6.79. The molecule has 0 aromatic heterocycles. The van der Waals surface area contributed by atoms with E-state index in [0.717, 1.165) is 27.8 Å². The van der Waals surface area contributed by atoms with Crippen LogP contribution in [0.25, 0.3) is 11.1 Å². The lowest BCUT2D eigenvalue weighted by molar-refractivity contribution is -0.137. The fourth-order valence-electron chi connectivity index (χ4n) is 5.10. The molecule has 5 rings (SSSR count). The number of carbonyl (C=O) groups excluding carboxylic acids is 2. The van der Waals surface area contributed by atoms with Crippen LogP contribution in [0, 0.1) is 0 Å². The van der Waals surface area contributed by atoms with Gasteiger partial charge in [0.25, 0.3) is 0 Å². The number of aromatic carboxylic acids is 1. The maximum absolute atomic E-state index is 13.2. The molecule has 2 aliphatic rings. The minimum absolute atomic E-state index is 0.0746. The molecule has 0 atom stereocenters. The largest absolute Gasteiger partial charge is 0.478 e. The van der Waals surface area contributed by atoms with Crippen LogP contribution in [0.5, 0.6) is 0 Å². The lowest BCUT2D eigenvalue weighted by atomic mass is 9.98. The Bertz CT molecular complexity index is 1300. The third-order valence-corrected chi connectivity index (χ3v) is 6.79. The summed E-state index contributed by atoms with van der Waals surface area (Å²) in [5.74, 6) is -1.40. The van der Waals surface area contributed by atoms with Crippen LogP contribution in [0.4, 0.5) is 4.79 Å². The van der Waals surface area contributed by atoms with E-state index >= 15 is 0 Å². The molecule has 1 aliphatic carbocycles. The Hall–Kier alpha value is -4.13. The van der Waals surface area contributed by atoms with Crippen LogP contribution in [-0.4, -0.2) is 40.1 Å². The Labute approximate surface area is 203 Å². The Morgan fingerprint density at radius 1 is 0.943 bits per heavy atom. The number of hydrogen-bond donors (Lipinski definition) is 2. The molecule has 0 saturated heterocycles. The van der Waals surface area contributed by atoms with Gasteiger partial charge in [0.15, 0.2) is 0 Å². The van der Waals surface area contributed by atoms with Crippen molar-refractivity contribution in [3.63, 3.8) is 0 Å². The molecule has 0 spiro atoms. The number of benzene rings is 3. The smallest absolute Gasteiger partial charge is 0.408 e. The van der Waals surface area contributed by atoms with Gasteiger partial charge in [0, 0.05) is 19.0 Å². The minimum Gasteiger partial charge on any atom is -0.478 e. The van der Waals surface area contributed by atoms with Gasteiger partial charge in [0.2, 0.25) is 5.91 Å². The highest BCUT2D eigenvalue weighted by Gasteiger charge is 2.38. The first-order valence-electron chi connectivity index (χ1n) is 11.5. The molecule has 0 radical (unpaired) electrons. The standard InChI is InChI=1S/C28H26N2O5/c1-28(2,26(33)30-14-17-8-7-13-22(25(31)32)23(17)15-30)29-27(34)35-16-24-20-11-5-3-9-18(20)19-10-4-6-12-21(19)24/h3-13,24H,14-16H2,1-2H3,(H,29,34)(H,31,32). The van der Waals surface area contributed by atoms with Crippen LogP contribution in [0.15, 0.2) is 66.7 Å². The van der Waals surface area contributed by atoms with Crippen LogP contribution in [0.3, 0.4) is 0 Å². The fourth-order valence-corrected chi connectivity index (χ4v) is 5.10. The van der Waals surface area contributed by atoms with E-state index in [2.05, 4.69) is 17.4 Å². The van der Waals surface area contributed by atoms with Gasteiger partial charge in [0.1, 0.15) is 12.1 Å². The predicted molar refractivity (Wildman–Crippen MR) is 130 cm³/mol. The number of nitrogens with zero attached hydrogens (tertiary/aromatic N) is 1. The highest BCUT2D eigenvalue weighted by Crippen LogP contribution is 2.44. The monoisotopic (exact) mass is 470 g/mol. The lowest BCUT2D eigenvalue weighted by Gasteiger charge is -2.30. The quantitative estimate of drug-likeness (QED) is 0.571. The summed E-state index contributed by atoms with van der Waals surface area (Å²) >= 11 is 0. The molecule has 35 heavy (non-hydrogen) atoms. The van der Waals surface area contributed by atoms with E-state index in [0.29, 0.717) is 12.1 Å². The van der Waals surface area contributed by atoms with Gasteiger partial charge < -0.3 is 20.1 Å². The van der Waals surface area contributed by atoms with E-state index in [9.17, 15) is 19.5 Å². The molecule has 3 aromatic carbocycles. The van der Waals surface area contributed by atoms with Gasteiger partial charge in [-0.1, -0.05) is 60.7 Å². The first-order valence-corrected chi connectivity index (χ1v) is 11.5. The summed E-state index contributed by atoms with van der Waals surface area (Å²) in [5, 5.41) is 12.1. The van der Waals surface area contributed by atoms with E-state index in [1.165, 1.54) is 6.07 Å². The highest BCUT2D eigenvalue weighted by atomic mass is 16.5. The lowest BCUT2D eigenvalue weighted by Crippen LogP contribution is -2.55. The summed E-state index contributed by atoms with van der Waals surface area (Å²) in [6.45, 7) is 3.88. The van der Waals surface area contributed by atoms with Crippen molar-refractivity contribution in [1.29, 1.82) is 0 Å². The van der Waals surface area contributed by atoms with Crippen LogP contribution in [0.1, 0.15) is 52.4 Å². The molecule has 1 aliphatic heterocycles. The second-order valence-electron chi connectivity index (χ2n) is 9.49. The topological polar surface area (TPSA) is 95.9 Å². The molecule has 2 N–H and O–H groups in total. The summed E-state index contributed by atoms with van der Waals surface area (Å²) in [6, 6.07) is 21.2. The van der Waals surface area contributed by atoms with Gasteiger partial charge >= 0.3 is 12.1 Å². The van der Waals surface area contributed by atoms with E-state index in [4.69, 9.17) is 4.74 Å². The van der Waals surface area contributed by atoms with Crippen molar-refractivity contribution in [2.45, 2.75) is 38.4 Å². The molecule has 7 nitrogen and oxygen atoms in total. The van der Waals surface area contributed by atoms with Crippen LogP contribution < -0.4 is 5.32 Å². The molecule has 0 saturated carbocycles. The Morgan fingerprint density at radius 2 is 1.57 bits per heavy atom. The number of fused-ring (bicyclic) bond motifs is 4. The van der Waals surface area contributed by atoms with Crippen molar-refractivity contribution in [3.05, 3.63) is 94.5 Å². The van der Waals surface area contributed by atoms with Crippen LogP contribution >= 0.6 is 0 Å². The maximum Gasteiger partial charge on any atom is 0.408 e. The fraction of sp³-hybridized carbons (Fsp3) is 0.250. The number of carboxylic acid groups (broad SMARTS) is 1. The zero-order valence-electron chi connectivity index (χ0n) is 19.6. The second kappa shape index (κ2) is 8.58. The zero-order chi connectivity index (χ0) is 24.7. The predicted octanol–water partition coefficient (Wildman–Crippen LogP) is 4.54. The van der Waals surface area contributed by atoms with E-state index in [1.54, 1.807) is 24.8 Å². The van der Waals surface area contributed by atoms with Crippen molar-refractivity contribution in [1.82, 2.24) is 10.2 Å². The van der Waals surface area contributed by atoms with Gasteiger partial charge in [-0.3, -0.25) is 4.79 Å². The number of ether oxygens (including phenoxy) is 1. The number of carbonyl (C=O) groups is 3. The molecular weight excluding hydrogens is 444 g/mol. The van der Waals surface area contributed by atoms with Crippen LogP contribution in [0.2, 0.25) is 0 Å². The molecule has 0 bridgehead atoms. The second-order valence-corrected chi connectivity index (χ2v) is 9.49. The average molecular weight is 471 g/mol. The van der Waals surface area contributed by atoms with Gasteiger partial charge in [-0.2, -0.15) is 0 Å². The van der Waals surface area contributed by atoms with E-state index < -0.39 is 17.6 Å². The highest BCUT2D eigenvalue weighted by molar-refractivity contribution is 5.92. The molecule has 3 aromatic rings. The van der Waals surface area contributed by atoms with Crippen molar-refractivity contribution in [2.75, 3.05) is 6.61 Å². The molecule has 2 amide bonds. The Balaban J connectivity index is 1.25. The average Bonchev–Trinajstić information content (AvgIpc) is 3.41. The van der Waals surface area contributed by atoms with Gasteiger partial charge in [-0.25, -0.2) is 9.59 Å². The number of nitrogens with one attached hydrogen (secondary N) is 1. The first kappa shape index (κ1) is 22.7. The Morgan fingerprint density at radius 3 is 2.20 bits per heavy atom. The summed E-state index contributed by atoms with van der Waals surface area (Å²) in [7, 11) is 0. The van der Waals surface area contributed by atoms with Crippen LogP contribution in [-0.2, 0) is 22.6 Å². The third kappa shape index (κ3) is 4.03. The number of alkyl carbamates (subject to hydrolysis) is 1. The summed E-state index contributed by atoms with van der Waals surface area (Å²) in [5.41, 5.74) is 4.90. The summed E-state index contributed by atoms with van der Waals surface area (Å²) in [4.78, 5) is 39.1. The summed E-state index contributed by atoms with van der Waals surface area (Å²) < 4.78 is 5.60. The number of rotatable bonds is 5. The molecular formula is C28H26N2O5. The van der Waals surface area contributed by atoms with Gasteiger partial charge in [-0.15, -0.1) is 0 Å². The molecule has 1 heterocycles. The van der Waals surface area contributed by atoms with E-state index in [1.807, 2.05) is 42.5 Å². The minimum atomic E-state index is -1.23. The normalized spacial score (nSPS) is 14.2. The number of hydrogen-bond acceptors (Lipinski definition) is 4. The van der Waals surface area contributed by atoms with Crippen molar-refractivity contribution < 1.29 is 24.2 Å². The maximum atomic E-state index is 13.2. The zero-order valence-corrected chi connectivity index (χ0v) is 19.6. The van der Waals surface area contributed by atoms with Crippen molar-refractivity contribution in [3.8, 4) is 11.1 Å².